The van der Waals surface area contributed by atoms with Gasteiger partial charge in [-0.15, -0.1) is 11.3 Å². The number of thiazole rings is 1. The lowest BCUT2D eigenvalue weighted by Gasteiger charge is -2.19. The molecule has 88 valence electrons. The fourth-order valence-corrected chi connectivity index (χ4v) is 2.04. The summed E-state index contributed by atoms with van der Waals surface area (Å²) in [6, 6.07) is 9.03. The largest absolute Gasteiger partial charge is 0.329 e. The van der Waals surface area contributed by atoms with Crippen LogP contribution in [-0.2, 0) is 0 Å². The number of nitrogens with two attached hydrogens (primary N) is 1. The molecular weight excluding hydrogens is 236 g/mol. The van der Waals surface area contributed by atoms with Gasteiger partial charge in [0.25, 0.3) is 0 Å². The molecule has 0 saturated heterocycles. The third-order valence-electron chi connectivity index (χ3n) is 2.08. The molecule has 0 atom stereocenters. The zero-order valence-corrected chi connectivity index (χ0v) is 9.85. The van der Waals surface area contributed by atoms with Gasteiger partial charge in [-0.25, -0.2) is 14.7 Å². The van der Waals surface area contributed by atoms with Gasteiger partial charge >= 0.3 is 6.03 Å². The van der Waals surface area contributed by atoms with Crippen LogP contribution in [0.5, 0.6) is 0 Å². The number of nitrogens with one attached hydrogen (secondary N) is 1. The zero-order chi connectivity index (χ0) is 12.1. The Morgan fingerprint density at radius 1 is 1.41 bits per heavy atom. The summed E-state index contributed by atoms with van der Waals surface area (Å²) in [5.41, 5.74) is 6.08. The summed E-state index contributed by atoms with van der Waals surface area (Å²) in [5, 5.41) is 5.00. The van der Waals surface area contributed by atoms with Crippen molar-refractivity contribution in [1.82, 2.24) is 10.3 Å². The lowest BCUT2D eigenvalue weighted by molar-refractivity contribution is 0.249. The van der Waals surface area contributed by atoms with Crippen molar-refractivity contribution < 1.29 is 4.79 Å². The average Bonchev–Trinajstić information content (AvgIpc) is 2.85. The first kappa shape index (κ1) is 11.6. The van der Waals surface area contributed by atoms with E-state index in [4.69, 9.17) is 5.73 Å². The van der Waals surface area contributed by atoms with E-state index in [0.29, 0.717) is 5.13 Å². The molecule has 2 aromatic rings. The van der Waals surface area contributed by atoms with Crippen LogP contribution >= 0.6 is 11.3 Å². The van der Waals surface area contributed by atoms with Gasteiger partial charge in [-0.1, -0.05) is 18.2 Å². The van der Waals surface area contributed by atoms with Crippen molar-refractivity contribution in [1.29, 1.82) is 0 Å². The Morgan fingerprint density at radius 3 is 2.76 bits per heavy atom. The predicted octanol–water partition coefficient (Wildman–Crippen LogP) is 1.91. The molecule has 0 aliphatic rings. The molecule has 0 unspecified atom stereocenters. The van der Waals surface area contributed by atoms with Crippen molar-refractivity contribution in [2.75, 3.05) is 11.6 Å². The van der Waals surface area contributed by atoms with Gasteiger partial charge in [0.05, 0.1) is 12.4 Å². The first-order valence-electron chi connectivity index (χ1n) is 5.05. The maximum absolute atomic E-state index is 11.9. The van der Waals surface area contributed by atoms with E-state index in [2.05, 4.69) is 10.3 Å². The van der Waals surface area contributed by atoms with Crippen molar-refractivity contribution in [2.24, 2.45) is 5.73 Å². The highest BCUT2D eigenvalue weighted by Crippen LogP contribution is 2.26. The fourth-order valence-electron chi connectivity index (χ4n) is 1.38. The van der Waals surface area contributed by atoms with Crippen LogP contribution < -0.4 is 16.0 Å². The monoisotopic (exact) mass is 248 g/mol. The molecule has 3 N–H and O–H groups in total. The Kier molecular flexibility index (Phi) is 3.69. The number of carbonyl (C=O) groups excluding carboxylic acids is 1. The number of hydrogen-bond acceptors (Lipinski definition) is 4. The topological polar surface area (TPSA) is 71.2 Å². The maximum atomic E-state index is 11.9. The SMILES string of the molecule is NCNC(=O)N(c1ccccc1)c1nccs1. The summed E-state index contributed by atoms with van der Waals surface area (Å²) in [7, 11) is 0. The number of aromatic nitrogens is 1. The lowest BCUT2D eigenvalue weighted by atomic mass is 10.3. The van der Waals surface area contributed by atoms with Crippen molar-refractivity contribution in [3.63, 3.8) is 0 Å². The standard InChI is InChI=1S/C11H12N4OS/c12-8-14-10(16)15(11-13-6-7-17-11)9-4-2-1-3-5-9/h1-7H,8,12H2,(H,14,16). The summed E-state index contributed by atoms with van der Waals surface area (Å²) in [6.07, 6.45) is 1.66. The number of anilines is 2. The van der Waals surface area contributed by atoms with E-state index < -0.39 is 0 Å². The Hall–Kier alpha value is -1.92. The summed E-state index contributed by atoms with van der Waals surface area (Å²) in [4.78, 5) is 17.6. The van der Waals surface area contributed by atoms with E-state index in [1.54, 1.807) is 6.20 Å². The van der Waals surface area contributed by atoms with Crippen molar-refractivity contribution in [3.8, 4) is 0 Å². The van der Waals surface area contributed by atoms with Gasteiger partial charge in [0.1, 0.15) is 0 Å². The summed E-state index contributed by atoms with van der Waals surface area (Å²) in [5.74, 6) is 0. The van der Waals surface area contributed by atoms with Gasteiger partial charge in [-0.05, 0) is 12.1 Å². The second kappa shape index (κ2) is 5.42. The van der Waals surface area contributed by atoms with E-state index in [1.165, 1.54) is 16.2 Å². The first-order chi connectivity index (χ1) is 8.33. The Labute approximate surface area is 103 Å². The van der Waals surface area contributed by atoms with Crippen LogP contribution in [0.15, 0.2) is 41.9 Å². The second-order valence-electron chi connectivity index (χ2n) is 3.17. The third kappa shape index (κ3) is 2.61. The number of rotatable bonds is 3. The van der Waals surface area contributed by atoms with E-state index in [0.717, 1.165) is 5.69 Å². The van der Waals surface area contributed by atoms with Crippen molar-refractivity contribution in [2.45, 2.75) is 0 Å². The van der Waals surface area contributed by atoms with Crippen LogP contribution in [0.2, 0.25) is 0 Å². The molecule has 17 heavy (non-hydrogen) atoms. The molecule has 0 fully saturated rings. The fraction of sp³-hybridized carbons (Fsp3) is 0.0909. The van der Waals surface area contributed by atoms with Gasteiger partial charge in [0.2, 0.25) is 0 Å². The summed E-state index contributed by atoms with van der Waals surface area (Å²) < 4.78 is 0. The number of hydrogen-bond donors (Lipinski definition) is 2. The first-order valence-corrected chi connectivity index (χ1v) is 5.93. The van der Waals surface area contributed by atoms with E-state index in [1.807, 2.05) is 35.7 Å². The minimum atomic E-state index is -0.284. The zero-order valence-electron chi connectivity index (χ0n) is 9.04. The van der Waals surface area contributed by atoms with Crippen LogP contribution in [0, 0.1) is 0 Å². The van der Waals surface area contributed by atoms with Crippen molar-refractivity contribution in [3.05, 3.63) is 41.9 Å². The Bertz CT molecular complexity index is 471. The van der Waals surface area contributed by atoms with Gasteiger partial charge in [-0.3, -0.25) is 0 Å². The van der Waals surface area contributed by atoms with Crippen LogP contribution in [0.1, 0.15) is 0 Å². The number of benzene rings is 1. The summed E-state index contributed by atoms with van der Waals surface area (Å²) >= 11 is 1.39. The molecular formula is C11H12N4OS. The minimum Gasteiger partial charge on any atom is -0.325 e. The maximum Gasteiger partial charge on any atom is 0.329 e. The molecule has 1 aromatic heterocycles. The quantitative estimate of drug-likeness (QED) is 0.815. The highest BCUT2D eigenvalue weighted by Gasteiger charge is 2.18. The van der Waals surface area contributed by atoms with E-state index >= 15 is 0 Å². The molecule has 1 heterocycles. The second-order valence-corrected chi connectivity index (χ2v) is 4.04. The molecule has 6 heteroatoms. The molecule has 2 rings (SSSR count). The van der Waals surface area contributed by atoms with Gasteiger partial charge in [0, 0.05) is 11.6 Å². The molecule has 0 saturated carbocycles. The molecule has 0 aliphatic carbocycles. The molecule has 0 aliphatic heterocycles. The number of urea groups is 1. The van der Waals surface area contributed by atoms with Gasteiger partial charge < -0.3 is 11.1 Å². The van der Waals surface area contributed by atoms with E-state index in [9.17, 15) is 4.79 Å². The van der Waals surface area contributed by atoms with Crippen molar-refractivity contribution >= 4 is 28.2 Å². The third-order valence-corrected chi connectivity index (χ3v) is 2.84. The number of para-hydroxylation sites is 1. The smallest absolute Gasteiger partial charge is 0.325 e. The van der Waals surface area contributed by atoms with Crippen LogP contribution in [0.4, 0.5) is 15.6 Å². The summed E-state index contributed by atoms with van der Waals surface area (Å²) in [6.45, 7) is 0.0908. The number of carbonyl (C=O) groups is 1. The highest BCUT2D eigenvalue weighted by molar-refractivity contribution is 7.13. The van der Waals surface area contributed by atoms with Gasteiger partial charge in [-0.2, -0.15) is 0 Å². The predicted molar refractivity (Wildman–Crippen MR) is 68.3 cm³/mol. The molecule has 1 aromatic carbocycles. The van der Waals surface area contributed by atoms with Crippen LogP contribution in [0.3, 0.4) is 0 Å². The lowest BCUT2D eigenvalue weighted by Crippen LogP contribution is -2.39. The normalized spacial score (nSPS) is 9.94. The number of nitrogens with zero attached hydrogens (tertiary/aromatic N) is 2. The Balaban J connectivity index is 2.35. The number of amides is 2. The molecule has 2 amide bonds. The molecule has 0 radical (unpaired) electrons. The minimum absolute atomic E-state index is 0.0908. The van der Waals surface area contributed by atoms with Crippen LogP contribution in [-0.4, -0.2) is 17.7 Å². The average molecular weight is 248 g/mol. The molecule has 0 spiro atoms. The van der Waals surface area contributed by atoms with Crippen LogP contribution in [0.25, 0.3) is 0 Å². The highest BCUT2D eigenvalue weighted by atomic mass is 32.1. The van der Waals surface area contributed by atoms with Gasteiger partial charge in [0.15, 0.2) is 5.13 Å². The molecule has 0 bridgehead atoms. The van der Waals surface area contributed by atoms with E-state index in [-0.39, 0.29) is 12.7 Å². The Morgan fingerprint density at radius 2 is 2.18 bits per heavy atom. The molecule has 5 nitrogen and oxygen atoms in total.